The van der Waals surface area contributed by atoms with Crippen molar-refractivity contribution in [1.82, 2.24) is 4.90 Å². The molecule has 4 heteroatoms. The van der Waals surface area contributed by atoms with Gasteiger partial charge in [0, 0.05) is 24.9 Å². The molecule has 0 radical (unpaired) electrons. The summed E-state index contributed by atoms with van der Waals surface area (Å²) in [4.78, 5) is 25.6. The first-order valence-corrected chi connectivity index (χ1v) is 7.48. The molecule has 0 bridgehead atoms. The molecule has 1 aliphatic rings. The Bertz CT molecular complexity index is 492. The number of likely N-dealkylation sites (tertiary alicyclic amines) is 1. The molecule has 0 aromatic heterocycles. The number of hydrogen-bond donors (Lipinski definition) is 0. The van der Waals surface area contributed by atoms with E-state index in [2.05, 4.69) is 0 Å². The number of carbonyl (C=O) groups is 2. The van der Waals surface area contributed by atoms with Crippen LogP contribution in [0.4, 0.5) is 0 Å². The third kappa shape index (κ3) is 3.84. The van der Waals surface area contributed by atoms with Crippen LogP contribution < -0.4 is 0 Å². The number of carbonyl (C=O) groups excluding carboxylic acids is 2. The van der Waals surface area contributed by atoms with Gasteiger partial charge in [0.05, 0.1) is 5.92 Å². The molecule has 1 amide bonds. The quantitative estimate of drug-likeness (QED) is 0.782. The van der Waals surface area contributed by atoms with Crippen LogP contribution in [0.15, 0.2) is 30.3 Å². The number of hydrogen-bond acceptors (Lipinski definition) is 3. The Labute approximate surface area is 126 Å². The van der Waals surface area contributed by atoms with Crippen LogP contribution in [0.2, 0.25) is 0 Å². The highest BCUT2D eigenvalue weighted by Crippen LogP contribution is 2.26. The lowest BCUT2D eigenvalue weighted by molar-refractivity contribution is -0.157. The maximum Gasteiger partial charge on any atom is 0.309 e. The van der Waals surface area contributed by atoms with Gasteiger partial charge in [-0.2, -0.15) is 0 Å². The van der Waals surface area contributed by atoms with E-state index in [1.165, 1.54) is 0 Å². The summed E-state index contributed by atoms with van der Waals surface area (Å²) in [7, 11) is 0. The number of benzene rings is 1. The molecule has 0 spiro atoms. The summed E-state index contributed by atoms with van der Waals surface area (Å²) in [5, 5.41) is 0. The highest BCUT2D eigenvalue weighted by molar-refractivity contribution is 5.79. The van der Waals surface area contributed by atoms with Gasteiger partial charge < -0.3 is 9.64 Å². The van der Waals surface area contributed by atoms with Crippen LogP contribution in [-0.2, 0) is 20.9 Å². The van der Waals surface area contributed by atoms with Crippen molar-refractivity contribution in [2.75, 3.05) is 13.1 Å². The second kappa shape index (κ2) is 6.74. The molecule has 1 heterocycles. The van der Waals surface area contributed by atoms with Gasteiger partial charge in [0.1, 0.15) is 6.61 Å². The van der Waals surface area contributed by atoms with Crippen LogP contribution in [-0.4, -0.2) is 29.9 Å². The standard InChI is InChI=1S/C17H23NO3/c1-12(2)16(19)18-9-15(10-18)13(3)17(20)21-11-14-7-5-4-6-8-14/h4-8,12-13,15H,9-11H2,1-3H3. The molecular formula is C17H23NO3. The van der Waals surface area contributed by atoms with E-state index in [-0.39, 0.29) is 29.6 Å². The van der Waals surface area contributed by atoms with Crippen LogP contribution in [0.25, 0.3) is 0 Å². The molecule has 1 fully saturated rings. The molecule has 1 unspecified atom stereocenters. The largest absolute Gasteiger partial charge is 0.461 e. The molecule has 2 rings (SSSR count). The predicted octanol–water partition coefficient (Wildman–Crippen LogP) is 2.48. The minimum Gasteiger partial charge on any atom is -0.461 e. The molecule has 1 aromatic carbocycles. The number of ether oxygens (including phenoxy) is 1. The Morgan fingerprint density at radius 1 is 1.19 bits per heavy atom. The summed E-state index contributed by atoms with van der Waals surface area (Å²) in [6.45, 7) is 7.32. The lowest BCUT2D eigenvalue weighted by atomic mass is 9.86. The van der Waals surface area contributed by atoms with Crippen LogP contribution >= 0.6 is 0 Å². The van der Waals surface area contributed by atoms with Gasteiger partial charge in [-0.3, -0.25) is 9.59 Å². The van der Waals surface area contributed by atoms with Gasteiger partial charge >= 0.3 is 5.97 Å². The maximum atomic E-state index is 12.0. The van der Waals surface area contributed by atoms with Crippen molar-refractivity contribution >= 4 is 11.9 Å². The van der Waals surface area contributed by atoms with E-state index in [1.54, 1.807) is 0 Å². The fourth-order valence-electron chi connectivity index (χ4n) is 2.43. The summed E-state index contributed by atoms with van der Waals surface area (Å²) in [5.41, 5.74) is 0.989. The molecule has 0 aliphatic carbocycles. The zero-order chi connectivity index (χ0) is 15.4. The Morgan fingerprint density at radius 2 is 1.81 bits per heavy atom. The van der Waals surface area contributed by atoms with Gasteiger partial charge in [0.25, 0.3) is 0 Å². The van der Waals surface area contributed by atoms with E-state index in [4.69, 9.17) is 4.74 Å². The summed E-state index contributed by atoms with van der Waals surface area (Å²) in [6, 6.07) is 9.65. The van der Waals surface area contributed by atoms with Crippen LogP contribution in [0.1, 0.15) is 26.3 Å². The van der Waals surface area contributed by atoms with Gasteiger partial charge in [0.2, 0.25) is 5.91 Å². The SMILES string of the molecule is CC(C)C(=O)N1CC(C(C)C(=O)OCc2ccccc2)C1. The number of rotatable bonds is 5. The van der Waals surface area contributed by atoms with Crippen molar-refractivity contribution < 1.29 is 14.3 Å². The average molecular weight is 289 g/mol. The Kier molecular flexibility index (Phi) is 4.99. The Hall–Kier alpha value is -1.84. The summed E-state index contributed by atoms with van der Waals surface area (Å²) in [6.07, 6.45) is 0. The zero-order valence-corrected chi connectivity index (χ0v) is 12.9. The van der Waals surface area contributed by atoms with Gasteiger partial charge in [-0.05, 0) is 5.56 Å². The van der Waals surface area contributed by atoms with Gasteiger partial charge in [-0.1, -0.05) is 51.1 Å². The predicted molar refractivity (Wildman–Crippen MR) is 80.3 cm³/mol. The molecule has 1 saturated heterocycles. The minimum absolute atomic E-state index is 0.0197. The Balaban J connectivity index is 1.75. The van der Waals surface area contributed by atoms with Crippen molar-refractivity contribution in [2.45, 2.75) is 27.4 Å². The molecule has 0 saturated carbocycles. The first-order valence-electron chi connectivity index (χ1n) is 7.48. The van der Waals surface area contributed by atoms with E-state index in [1.807, 2.05) is 56.0 Å². The average Bonchev–Trinajstić information content (AvgIpc) is 2.43. The first kappa shape index (κ1) is 15.5. The lowest BCUT2D eigenvalue weighted by Gasteiger charge is -2.42. The minimum atomic E-state index is -0.180. The third-order valence-corrected chi connectivity index (χ3v) is 4.02. The number of nitrogens with zero attached hydrogens (tertiary/aromatic N) is 1. The number of esters is 1. The first-order chi connectivity index (χ1) is 9.99. The van der Waals surface area contributed by atoms with Crippen LogP contribution in [0, 0.1) is 17.8 Å². The molecule has 21 heavy (non-hydrogen) atoms. The van der Waals surface area contributed by atoms with Crippen LogP contribution in [0.3, 0.4) is 0 Å². The maximum absolute atomic E-state index is 12.0. The monoisotopic (exact) mass is 289 g/mol. The Morgan fingerprint density at radius 3 is 2.38 bits per heavy atom. The van der Waals surface area contributed by atoms with E-state index >= 15 is 0 Å². The van der Waals surface area contributed by atoms with Gasteiger partial charge in [0.15, 0.2) is 0 Å². The third-order valence-electron chi connectivity index (χ3n) is 4.02. The summed E-state index contributed by atoms with van der Waals surface area (Å²) < 4.78 is 5.35. The van der Waals surface area contributed by atoms with Crippen molar-refractivity contribution in [2.24, 2.45) is 17.8 Å². The number of amides is 1. The van der Waals surface area contributed by atoms with Crippen molar-refractivity contribution in [1.29, 1.82) is 0 Å². The van der Waals surface area contributed by atoms with E-state index in [0.717, 1.165) is 5.56 Å². The molecular weight excluding hydrogens is 266 g/mol. The van der Waals surface area contributed by atoms with Gasteiger partial charge in [-0.15, -0.1) is 0 Å². The highest BCUT2D eigenvalue weighted by Gasteiger charge is 2.38. The smallest absolute Gasteiger partial charge is 0.309 e. The zero-order valence-electron chi connectivity index (χ0n) is 12.9. The summed E-state index contributed by atoms with van der Waals surface area (Å²) in [5.74, 6) is 0.0591. The fraction of sp³-hybridized carbons (Fsp3) is 0.529. The second-order valence-corrected chi connectivity index (χ2v) is 6.04. The van der Waals surface area contributed by atoms with Crippen molar-refractivity contribution in [3.05, 3.63) is 35.9 Å². The lowest BCUT2D eigenvalue weighted by Crippen LogP contribution is -2.54. The van der Waals surface area contributed by atoms with Gasteiger partial charge in [-0.25, -0.2) is 0 Å². The molecule has 114 valence electrons. The summed E-state index contributed by atoms with van der Waals surface area (Å²) >= 11 is 0. The van der Waals surface area contributed by atoms with Crippen molar-refractivity contribution in [3.8, 4) is 0 Å². The normalized spacial score (nSPS) is 16.5. The molecule has 4 nitrogen and oxygen atoms in total. The molecule has 1 atom stereocenters. The van der Waals surface area contributed by atoms with E-state index in [9.17, 15) is 9.59 Å². The van der Waals surface area contributed by atoms with E-state index in [0.29, 0.717) is 19.7 Å². The molecule has 1 aromatic rings. The highest BCUT2D eigenvalue weighted by atomic mass is 16.5. The second-order valence-electron chi connectivity index (χ2n) is 6.04. The molecule has 0 N–H and O–H groups in total. The van der Waals surface area contributed by atoms with E-state index < -0.39 is 0 Å². The topological polar surface area (TPSA) is 46.6 Å². The van der Waals surface area contributed by atoms with Crippen molar-refractivity contribution in [3.63, 3.8) is 0 Å². The molecule has 1 aliphatic heterocycles. The van der Waals surface area contributed by atoms with Crippen LogP contribution in [0.5, 0.6) is 0 Å². The fourth-order valence-corrected chi connectivity index (χ4v) is 2.43.